The second kappa shape index (κ2) is 17.0. The van der Waals surface area contributed by atoms with Crippen LogP contribution in [0.1, 0.15) is 129 Å². The van der Waals surface area contributed by atoms with Crippen molar-refractivity contribution >= 4 is 9.76 Å². The maximum absolute atomic E-state index is 6.22. The molecule has 1 saturated carbocycles. The van der Waals surface area contributed by atoms with E-state index in [1.807, 2.05) is 24.7 Å². The molecule has 206 valence electrons. The van der Waals surface area contributed by atoms with Crippen molar-refractivity contribution in [2.75, 3.05) is 0 Å². The van der Waals surface area contributed by atoms with Crippen LogP contribution in [0.4, 0.5) is 0 Å². The normalized spacial score (nSPS) is 14.0. The highest BCUT2D eigenvalue weighted by Gasteiger charge is 2.19. The SMILES string of the molecule is CCCCC(C)(C)CCCC[SiH2]Oc1ncccc1-c1cnc(CCCCCCCCCC2CC2)cn1. The Balaban J connectivity index is 1.31. The molecule has 3 rings (SSSR count). The highest BCUT2D eigenvalue weighted by Crippen LogP contribution is 2.34. The van der Waals surface area contributed by atoms with E-state index in [4.69, 9.17) is 14.4 Å². The Kier molecular flexibility index (Phi) is 13.7. The lowest BCUT2D eigenvalue weighted by molar-refractivity contribution is 0.288. The zero-order valence-electron chi connectivity index (χ0n) is 24.1. The molecule has 0 bridgehead atoms. The van der Waals surface area contributed by atoms with Gasteiger partial charge in [0.1, 0.15) is 0 Å². The van der Waals surface area contributed by atoms with Gasteiger partial charge < -0.3 is 4.43 Å². The lowest BCUT2D eigenvalue weighted by atomic mass is 9.82. The number of unbranched alkanes of at least 4 members (excludes halogenated alkanes) is 8. The van der Waals surface area contributed by atoms with E-state index in [1.165, 1.54) is 109 Å². The third-order valence-corrected chi connectivity index (χ3v) is 9.20. The summed E-state index contributed by atoms with van der Waals surface area (Å²) in [4.78, 5) is 13.9. The fraction of sp³-hybridized carbons (Fsp3) is 0.719. The zero-order chi connectivity index (χ0) is 26.2. The first-order valence-electron chi connectivity index (χ1n) is 15.5. The molecule has 0 saturated heterocycles. The van der Waals surface area contributed by atoms with Crippen LogP contribution in [-0.2, 0) is 6.42 Å². The summed E-state index contributed by atoms with van der Waals surface area (Å²) in [6, 6.07) is 5.22. The molecule has 2 aromatic heterocycles. The minimum atomic E-state index is -0.637. The summed E-state index contributed by atoms with van der Waals surface area (Å²) in [5, 5.41) is 0. The van der Waals surface area contributed by atoms with Gasteiger partial charge in [-0.3, -0.25) is 9.97 Å². The van der Waals surface area contributed by atoms with Crippen molar-refractivity contribution in [1.82, 2.24) is 15.0 Å². The average molecular weight is 524 g/mol. The Morgan fingerprint density at radius 3 is 2.35 bits per heavy atom. The zero-order valence-corrected chi connectivity index (χ0v) is 25.6. The highest BCUT2D eigenvalue weighted by molar-refractivity contribution is 6.28. The van der Waals surface area contributed by atoms with Crippen LogP contribution < -0.4 is 4.43 Å². The van der Waals surface area contributed by atoms with Gasteiger partial charge >= 0.3 is 0 Å². The summed E-state index contributed by atoms with van der Waals surface area (Å²) in [6.07, 6.45) is 28.6. The molecule has 0 radical (unpaired) electrons. The van der Waals surface area contributed by atoms with Gasteiger partial charge in [0.25, 0.3) is 0 Å². The van der Waals surface area contributed by atoms with E-state index in [9.17, 15) is 0 Å². The van der Waals surface area contributed by atoms with E-state index in [-0.39, 0.29) is 0 Å². The van der Waals surface area contributed by atoms with Crippen molar-refractivity contribution < 1.29 is 4.43 Å². The largest absolute Gasteiger partial charge is 0.536 e. The number of aryl methyl sites for hydroxylation is 1. The van der Waals surface area contributed by atoms with Crippen LogP contribution in [0.15, 0.2) is 30.7 Å². The van der Waals surface area contributed by atoms with Gasteiger partial charge in [-0.1, -0.05) is 104 Å². The molecule has 4 nitrogen and oxygen atoms in total. The molecule has 0 atom stereocenters. The molecule has 0 N–H and O–H groups in total. The molecular formula is C32H53N3OSi. The third kappa shape index (κ3) is 12.6. The Morgan fingerprint density at radius 1 is 0.865 bits per heavy atom. The van der Waals surface area contributed by atoms with Crippen LogP contribution in [0.25, 0.3) is 11.3 Å². The first-order chi connectivity index (χ1) is 18.1. The van der Waals surface area contributed by atoms with Gasteiger partial charge in [-0.2, -0.15) is 0 Å². The number of aromatic nitrogens is 3. The molecular weight excluding hydrogens is 470 g/mol. The van der Waals surface area contributed by atoms with Crippen LogP contribution in [0.3, 0.4) is 0 Å². The first-order valence-corrected chi connectivity index (χ1v) is 17.0. The number of rotatable bonds is 21. The fourth-order valence-electron chi connectivity index (χ4n) is 5.18. The minimum absolute atomic E-state index is 0.478. The van der Waals surface area contributed by atoms with Gasteiger partial charge in [-0.05, 0) is 55.2 Å². The summed E-state index contributed by atoms with van der Waals surface area (Å²) in [5.41, 5.74) is 3.41. The molecule has 37 heavy (non-hydrogen) atoms. The van der Waals surface area contributed by atoms with Crippen molar-refractivity contribution in [3.8, 4) is 17.1 Å². The van der Waals surface area contributed by atoms with Crippen LogP contribution in [0, 0.1) is 11.3 Å². The van der Waals surface area contributed by atoms with Gasteiger partial charge in [0, 0.05) is 12.4 Å². The maximum Gasteiger partial charge on any atom is 0.221 e. The Bertz CT molecular complexity index is 867. The van der Waals surface area contributed by atoms with Crippen molar-refractivity contribution in [3.05, 3.63) is 36.4 Å². The second-order valence-electron chi connectivity index (χ2n) is 12.1. The van der Waals surface area contributed by atoms with E-state index in [0.717, 1.165) is 35.2 Å². The van der Waals surface area contributed by atoms with E-state index in [0.29, 0.717) is 5.41 Å². The average Bonchev–Trinajstić information content (AvgIpc) is 3.74. The molecule has 2 aromatic rings. The summed E-state index contributed by atoms with van der Waals surface area (Å²) in [6.45, 7) is 7.12. The molecule has 0 spiro atoms. The van der Waals surface area contributed by atoms with E-state index >= 15 is 0 Å². The quantitative estimate of drug-likeness (QED) is 0.121. The van der Waals surface area contributed by atoms with Crippen molar-refractivity contribution in [1.29, 1.82) is 0 Å². The van der Waals surface area contributed by atoms with Gasteiger partial charge in [0.05, 0.1) is 23.1 Å². The summed E-state index contributed by atoms with van der Waals surface area (Å²) >= 11 is 0. The topological polar surface area (TPSA) is 47.9 Å². The summed E-state index contributed by atoms with van der Waals surface area (Å²) in [7, 11) is -0.637. The minimum Gasteiger partial charge on any atom is -0.536 e. The molecule has 0 unspecified atom stereocenters. The molecule has 1 fully saturated rings. The summed E-state index contributed by atoms with van der Waals surface area (Å²) < 4.78 is 6.22. The van der Waals surface area contributed by atoms with Crippen LogP contribution in [-0.4, -0.2) is 24.7 Å². The third-order valence-electron chi connectivity index (χ3n) is 7.94. The van der Waals surface area contributed by atoms with E-state index in [1.54, 1.807) is 0 Å². The number of hydrogen-bond acceptors (Lipinski definition) is 4. The van der Waals surface area contributed by atoms with Crippen molar-refractivity contribution in [2.45, 2.75) is 136 Å². The van der Waals surface area contributed by atoms with Crippen LogP contribution >= 0.6 is 0 Å². The first kappa shape index (κ1) is 29.8. The van der Waals surface area contributed by atoms with Gasteiger partial charge in [-0.15, -0.1) is 0 Å². The Morgan fingerprint density at radius 2 is 1.62 bits per heavy atom. The van der Waals surface area contributed by atoms with Crippen molar-refractivity contribution in [3.63, 3.8) is 0 Å². The van der Waals surface area contributed by atoms with E-state index < -0.39 is 9.76 Å². The fourth-order valence-corrected chi connectivity index (χ4v) is 6.31. The van der Waals surface area contributed by atoms with Crippen LogP contribution in [0.2, 0.25) is 6.04 Å². The maximum atomic E-state index is 6.22. The Hall–Kier alpha value is -1.75. The number of hydrogen-bond donors (Lipinski definition) is 0. The lowest BCUT2D eigenvalue weighted by Gasteiger charge is -2.24. The van der Waals surface area contributed by atoms with Gasteiger partial charge in [-0.25, -0.2) is 4.98 Å². The molecule has 5 heteroatoms. The second-order valence-corrected chi connectivity index (χ2v) is 13.5. The highest BCUT2D eigenvalue weighted by atomic mass is 28.2. The monoisotopic (exact) mass is 523 g/mol. The molecule has 1 aliphatic carbocycles. The molecule has 0 amide bonds. The molecule has 2 heterocycles. The summed E-state index contributed by atoms with van der Waals surface area (Å²) in [5.74, 6) is 1.83. The molecule has 0 aliphatic heterocycles. The van der Waals surface area contributed by atoms with E-state index in [2.05, 4.69) is 31.8 Å². The number of nitrogens with zero attached hydrogens (tertiary/aromatic N) is 3. The van der Waals surface area contributed by atoms with Crippen molar-refractivity contribution in [2.24, 2.45) is 11.3 Å². The lowest BCUT2D eigenvalue weighted by Crippen LogP contribution is -2.11. The molecule has 0 aromatic carbocycles. The Labute approximate surface area is 229 Å². The van der Waals surface area contributed by atoms with Crippen LogP contribution in [0.5, 0.6) is 5.88 Å². The molecule has 1 aliphatic rings. The predicted molar refractivity (Wildman–Crippen MR) is 160 cm³/mol. The smallest absolute Gasteiger partial charge is 0.221 e. The van der Waals surface area contributed by atoms with Gasteiger partial charge in [0.15, 0.2) is 0 Å². The number of pyridine rings is 1. The predicted octanol–water partition coefficient (Wildman–Crippen LogP) is 8.88. The standard InChI is InChI=1S/C32H53N3OSi/c1-4-5-21-32(2,3)22-13-14-24-37-36-31-29(18-15-23-33-31)30-26-34-28(25-35-30)17-12-10-8-6-7-9-11-16-27-19-20-27/h15,18,23,25-27H,4-14,16-17,19-22,24,37H2,1-3H3. The van der Waals surface area contributed by atoms with Gasteiger partial charge in [0.2, 0.25) is 15.6 Å².